The van der Waals surface area contributed by atoms with E-state index in [1.807, 2.05) is 0 Å². The Morgan fingerprint density at radius 3 is 2.80 bits per heavy atom. The van der Waals surface area contributed by atoms with E-state index in [0.717, 1.165) is 12.3 Å². The lowest BCUT2D eigenvalue weighted by molar-refractivity contribution is 0.107. The molecule has 0 aliphatic carbocycles. The number of aromatic nitrogens is 1. The highest BCUT2D eigenvalue weighted by Gasteiger charge is 2.06. The Labute approximate surface area is 61.6 Å². The van der Waals surface area contributed by atoms with Crippen LogP contribution in [0.3, 0.4) is 0 Å². The lowest BCUT2D eigenvalue weighted by atomic mass is 10.3. The molecule has 0 radical (unpaired) electrons. The van der Waals surface area contributed by atoms with Crippen LogP contribution in [0.4, 0.5) is 4.39 Å². The summed E-state index contributed by atoms with van der Waals surface area (Å²) in [5.74, 6) is -0.644. The summed E-state index contributed by atoms with van der Waals surface area (Å²) in [5, 5.41) is -0.828. The van der Waals surface area contributed by atoms with Crippen molar-refractivity contribution >= 4 is 16.8 Å². The summed E-state index contributed by atoms with van der Waals surface area (Å²) in [6.45, 7) is 0. The first-order valence-electron chi connectivity index (χ1n) is 2.51. The zero-order valence-corrected chi connectivity index (χ0v) is 5.60. The van der Waals surface area contributed by atoms with Crippen LogP contribution in [-0.4, -0.2) is 10.2 Å². The molecule has 0 aromatic carbocycles. The normalized spacial score (nSPS) is 9.40. The smallest absolute Gasteiger partial charge is 0.256 e. The third-order valence-electron chi connectivity index (χ3n) is 0.980. The minimum atomic E-state index is -0.828. The molecule has 0 spiro atoms. The van der Waals surface area contributed by atoms with Crippen molar-refractivity contribution in [2.75, 3.05) is 0 Å². The molecule has 0 fully saturated rings. The molecule has 0 bridgehead atoms. The van der Waals surface area contributed by atoms with Gasteiger partial charge in [-0.1, -0.05) is 0 Å². The van der Waals surface area contributed by atoms with Crippen molar-refractivity contribution in [3.63, 3.8) is 0 Å². The third kappa shape index (κ3) is 1.30. The molecule has 2 nitrogen and oxygen atoms in total. The minimum Gasteiger partial charge on any atom is -0.275 e. The fourth-order valence-corrected chi connectivity index (χ4v) is 0.661. The van der Waals surface area contributed by atoms with Crippen molar-refractivity contribution < 1.29 is 9.18 Å². The fourth-order valence-electron chi connectivity index (χ4n) is 0.522. The Balaban J connectivity index is 3.15. The van der Waals surface area contributed by atoms with Gasteiger partial charge in [0, 0.05) is 12.4 Å². The van der Waals surface area contributed by atoms with Gasteiger partial charge in [-0.05, 0) is 17.7 Å². The second-order valence-corrected chi connectivity index (χ2v) is 1.97. The maximum atomic E-state index is 12.5. The van der Waals surface area contributed by atoms with Crippen molar-refractivity contribution in [1.29, 1.82) is 0 Å². The van der Waals surface area contributed by atoms with E-state index in [-0.39, 0.29) is 5.56 Å². The number of carbonyl (C=O) groups is 1. The summed E-state index contributed by atoms with van der Waals surface area (Å²) in [4.78, 5) is 13.9. The second-order valence-electron chi connectivity index (χ2n) is 1.63. The molecule has 52 valence electrons. The number of hydrogen-bond acceptors (Lipinski definition) is 2. The van der Waals surface area contributed by atoms with Crippen molar-refractivity contribution in [2.24, 2.45) is 0 Å². The molecule has 1 heterocycles. The molecule has 10 heavy (non-hydrogen) atoms. The predicted octanol–water partition coefficient (Wildman–Crippen LogP) is 1.60. The van der Waals surface area contributed by atoms with Gasteiger partial charge >= 0.3 is 0 Å². The highest BCUT2D eigenvalue weighted by Crippen LogP contribution is 2.06. The maximum Gasteiger partial charge on any atom is 0.256 e. The molecule has 0 saturated heterocycles. The Kier molecular flexibility index (Phi) is 1.97. The van der Waals surface area contributed by atoms with Gasteiger partial charge < -0.3 is 0 Å². The van der Waals surface area contributed by atoms with Crippen LogP contribution in [0.15, 0.2) is 18.5 Å². The molecule has 0 amide bonds. The van der Waals surface area contributed by atoms with Crippen LogP contribution in [0.1, 0.15) is 10.4 Å². The van der Waals surface area contributed by atoms with Gasteiger partial charge in [0.1, 0.15) is 5.82 Å². The molecular weight excluding hydrogens is 157 g/mol. The Hall–Kier alpha value is -0.960. The summed E-state index contributed by atoms with van der Waals surface area (Å²) in [6, 6.07) is 1.08. The zero-order valence-electron chi connectivity index (χ0n) is 4.84. The molecule has 0 saturated carbocycles. The molecule has 0 aliphatic heterocycles. The quantitative estimate of drug-likeness (QED) is 0.583. The maximum absolute atomic E-state index is 12.5. The minimum absolute atomic E-state index is 0.191. The average Bonchev–Trinajstić information content (AvgIpc) is 1.88. The van der Waals surface area contributed by atoms with Crippen LogP contribution in [-0.2, 0) is 0 Å². The number of hydrogen-bond donors (Lipinski definition) is 0. The van der Waals surface area contributed by atoms with Gasteiger partial charge in [0.05, 0.1) is 5.56 Å². The van der Waals surface area contributed by atoms with Crippen LogP contribution >= 0.6 is 11.6 Å². The molecule has 0 atom stereocenters. The SMILES string of the molecule is O=C(Cl)c1cnccc1F. The summed E-state index contributed by atoms with van der Waals surface area (Å²) in [7, 11) is 0. The third-order valence-corrected chi connectivity index (χ3v) is 1.18. The van der Waals surface area contributed by atoms with E-state index in [1.165, 1.54) is 6.20 Å². The molecule has 0 aliphatic rings. The first-order chi connectivity index (χ1) is 4.72. The van der Waals surface area contributed by atoms with Gasteiger partial charge in [-0.15, -0.1) is 0 Å². The van der Waals surface area contributed by atoms with E-state index >= 15 is 0 Å². The van der Waals surface area contributed by atoms with Gasteiger partial charge in [0.15, 0.2) is 0 Å². The van der Waals surface area contributed by atoms with Crippen LogP contribution < -0.4 is 0 Å². The standard InChI is InChI=1S/C6H3ClFNO/c7-6(10)4-3-9-2-1-5(4)8/h1-3H. The van der Waals surface area contributed by atoms with Crippen molar-refractivity contribution in [1.82, 2.24) is 4.98 Å². The van der Waals surface area contributed by atoms with Crippen molar-refractivity contribution in [3.05, 3.63) is 29.8 Å². The molecule has 0 unspecified atom stereocenters. The topological polar surface area (TPSA) is 30.0 Å². The number of halogens is 2. The highest BCUT2D eigenvalue weighted by atomic mass is 35.5. The van der Waals surface area contributed by atoms with Gasteiger partial charge in [-0.2, -0.15) is 0 Å². The number of carbonyl (C=O) groups excluding carboxylic acids is 1. The highest BCUT2D eigenvalue weighted by molar-refractivity contribution is 6.67. The monoisotopic (exact) mass is 159 g/mol. The number of nitrogens with zero attached hydrogens (tertiary/aromatic N) is 1. The summed E-state index contributed by atoms with van der Waals surface area (Å²) in [6.07, 6.45) is 2.34. The zero-order chi connectivity index (χ0) is 7.56. The van der Waals surface area contributed by atoms with Crippen LogP contribution in [0.5, 0.6) is 0 Å². The van der Waals surface area contributed by atoms with Gasteiger partial charge in [0.2, 0.25) is 0 Å². The Morgan fingerprint density at radius 1 is 1.70 bits per heavy atom. The van der Waals surface area contributed by atoms with E-state index < -0.39 is 11.1 Å². The second kappa shape index (κ2) is 2.75. The number of pyridine rings is 1. The molecular formula is C6H3ClFNO. The van der Waals surface area contributed by atoms with E-state index in [9.17, 15) is 9.18 Å². The molecule has 1 aromatic rings. The molecule has 4 heteroatoms. The van der Waals surface area contributed by atoms with Crippen molar-refractivity contribution in [3.8, 4) is 0 Å². The average molecular weight is 160 g/mol. The lowest BCUT2D eigenvalue weighted by Gasteiger charge is -1.91. The first kappa shape index (κ1) is 7.15. The summed E-state index contributed by atoms with van der Waals surface area (Å²) >= 11 is 4.99. The van der Waals surface area contributed by atoms with E-state index in [2.05, 4.69) is 4.98 Å². The number of rotatable bonds is 1. The van der Waals surface area contributed by atoms with Crippen molar-refractivity contribution in [2.45, 2.75) is 0 Å². The van der Waals surface area contributed by atoms with Gasteiger partial charge in [0.25, 0.3) is 5.24 Å². The largest absolute Gasteiger partial charge is 0.275 e. The van der Waals surface area contributed by atoms with Crippen LogP contribution in [0, 0.1) is 5.82 Å². The van der Waals surface area contributed by atoms with Gasteiger partial charge in [-0.25, -0.2) is 4.39 Å². The van der Waals surface area contributed by atoms with Gasteiger partial charge in [-0.3, -0.25) is 9.78 Å². The summed E-state index contributed by atoms with van der Waals surface area (Å²) < 4.78 is 12.5. The fraction of sp³-hybridized carbons (Fsp3) is 0. The Bertz CT molecular complexity index is 264. The molecule has 0 N–H and O–H groups in total. The first-order valence-corrected chi connectivity index (χ1v) is 2.89. The molecule has 1 aromatic heterocycles. The lowest BCUT2D eigenvalue weighted by Crippen LogP contribution is -1.93. The van der Waals surface area contributed by atoms with E-state index in [0.29, 0.717) is 0 Å². The summed E-state index contributed by atoms with van der Waals surface area (Å²) in [5.41, 5.74) is -0.191. The Morgan fingerprint density at radius 2 is 2.40 bits per heavy atom. The van der Waals surface area contributed by atoms with E-state index in [1.54, 1.807) is 0 Å². The van der Waals surface area contributed by atoms with Crippen LogP contribution in [0.25, 0.3) is 0 Å². The van der Waals surface area contributed by atoms with Crippen LogP contribution in [0.2, 0.25) is 0 Å². The van der Waals surface area contributed by atoms with E-state index in [4.69, 9.17) is 11.6 Å². The predicted molar refractivity (Wildman–Crippen MR) is 34.4 cm³/mol. The molecule has 1 rings (SSSR count).